The van der Waals surface area contributed by atoms with Crippen molar-refractivity contribution < 1.29 is 28.7 Å². The highest BCUT2D eigenvalue weighted by Crippen LogP contribution is 2.21. The fourth-order valence-electron chi connectivity index (χ4n) is 3.07. The van der Waals surface area contributed by atoms with Crippen molar-refractivity contribution in [3.8, 4) is 0 Å². The Morgan fingerprint density at radius 1 is 0.966 bits per heavy atom. The van der Waals surface area contributed by atoms with E-state index in [1.54, 1.807) is 20.9 Å². The molecule has 0 bridgehead atoms. The Hall–Kier alpha value is -2.05. The number of ketones is 2. The molecule has 0 aliphatic heterocycles. The molecule has 2 saturated carbocycles. The maximum atomic E-state index is 11.5. The van der Waals surface area contributed by atoms with E-state index >= 15 is 0 Å². The largest absolute Gasteiger partial charge is 0.463 e. The quantitative estimate of drug-likeness (QED) is 0.498. The van der Waals surface area contributed by atoms with E-state index in [2.05, 4.69) is 11.7 Å². The average molecular weight is 413 g/mol. The van der Waals surface area contributed by atoms with Gasteiger partial charge in [-0.15, -0.1) is 0 Å². The lowest BCUT2D eigenvalue weighted by atomic mass is 9.88. The second-order valence-corrected chi connectivity index (χ2v) is 7.14. The number of rotatable bonds is 5. The van der Waals surface area contributed by atoms with Crippen LogP contribution < -0.4 is 0 Å². The maximum Gasteiger partial charge on any atom is 0.409 e. The van der Waals surface area contributed by atoms with Crippen LogP contribution >= 0.6 is 0 Å². The smallest absolute Gasteiger partial charge is 0.409 e. The van der Waals surface area contributed by atoms with Gasteiger partial charge in [-0.1, -0.05) is 12.8 Å². The van der Waals surface area contributed by atoms with Gasteiger partial charge in [0.05, 0.1) is 20.1 Å². The SMILES string of the molecule is CCOC(=O)N(C)CC1CCCCC1=O.O=C1CCCCC1.[CH2+]CC(=O)OCC. The number of esters is 1. The predicted molar refractivity (Wildman–Crippen MR) is 111 cm³/mol. The lowest BCUT2D eigenvalue weighted by molar-refractivity contribution is -0.142. The molecule has 1 unspecified atom stereocenters. The summed E-state index contributed by atoms with van der Waals surface area (Å²) in [5.74, 6) is 0.541. The van der Waals surface area contributed by atoms with E-state index in [4.69, 9.17) is 4.74 Å². The third-order valence-electron chi connectivity index (χ3n) is 4.68. The van der Waals surface area contributed by atoms with Crippen LogP contribution in [0.25, 0.3) is 0 Å². The zero-order valence-electron chi connectivity index (χ0n) is 18.4. The van der Waals surface area contributed by atoms with Crippen LogP contribution in [0.2, 0.25) is 0 Å². The number of carbonyl (C=O) groups excluding carboxylic acids is 4. The maximum absolute atomic E-state index is 11.5. The van der Waals surface area contributed by atoms with Gasteiger partial charge in [0.15, 0.2) is 6.42 Å². The van der Waals surface area contributed by atoms with E-state index in [0.717, 1.165) is 44.9 Å². The first-order valence-electron chi connectivity index (χ1n) is 10.7. The van der Waals surface area contributed by atoms with Gasteiger partial charge in [-0.3, -0.25) is 9.59 Å². The number of hydrogen-bond donors (Lipinski definition) is 0. The molecule has 0 heterocycles. The van der Waals surface area contributed by atoms with Crippen molar-refractivity contribution in [1.29, 1.82) is 0 Å². The summed E-state index contributed by atoms with van der Waals surface area (Å²) >= 11 is 0. The topological polar surface area (TPSA) is 90.0 Å². The molecule has 0 aromatic rings. The van der Waals surface area contributed by atoms with E-state index in [1.807, 2.05) is 0 Å². The molecule has 0 N–H and O–H groups in total. The van der Waals surface area contributed by atoms with Crippen LogP contribution in [0.1, 0.15) is 78.1 Å². The molecule has 2 rings (SSSR count). The third kappa shape index (κ3) is 13.7. The highest BCUT2D eigenvalue weighted by molar-refractivity contribution is 5.82. The van der Waals surface area contributed by atoms with Crippen LogP contribution in [0, 0.1) is 12.8 Å². The van der Waals surface area contributed by atoms with E-state index < -0.39 is 0 Å². The first-order chi connectivity index (χ1) is 13.8. The zero-order chi connectivity index (χ0) is 22.1. The van der Waals surface area contributed by atoms with Crippen molar-refractivity contribution in [1.82, 2.24) is 4.90 Å². The molecule has 0 aromatic heterocycles. The van der Waals surface area contributed by atoms with Crippen LogP contribution in [-0.2, 0) is 23.9 Å². The predicted octanol–water partition coefficient (Wildman–Crippen LogP) is 4.13. The molecule has 1 atom stereocenters. The Kier molecular flexibility index (Phi) is 15.7. The lowest BCUT2D eigenvalue weighted by Crippen LogP contribution is -2.36. The van der Waals surface area contributed by atoms with Gasteiger partial charge in [0.25, 0.3) is 0 Å². The molecule has 7 nitrogen and oxygen atoms in total. The molecule has 29 heavy (non-hydrogen) atoms. The standard InChI is InChI=1S/C11H19NO3.C6H10O.C5H9O2/c1-3-15-11(14)12(2)8-9-6-4-5-7-10(9)13;7-6-4-2-1-3-5-6;1-3-5(6)7-4-2/h9H,3-8H2,1-2H3;1-5H2;1,3-4H2,2H3/q;;+1. The monoisotopic (exact) mass is 412 g/mol. The summed E-state index contributed by atoms with van der Waals surface area (Å²) in [7, 11) is 1.68. The van der Waals surface area contributed by atoms with Crippen molar-refractivity contribution in [3.63, 3.8) is 0 Å². The van der Waals surface area contributed by atoms with Gasteiger partial charge in [0.1, 0.15) is 11.6 Å². The van der Waals surface area contributed by atoms with Gasteiger partial charge in [0.2, 0.25) is 0 Å². The van der Waals surface area contributed by atoms with Gasteiger partial charge in [0, 0.05) is 38.8 Å². The summed E-state index contributed by atoms with van der Waals surface area (Å²) in [6, 6.07) is 0. The molecule has 1 amide bonds. The molecular formula is C22H38NO6+. The number of hydrogen-bond acceptors (Lipinski definition) is 6. The van der Waals surface area contributed by atoms with Gasteiger partial charge in [-0.25, -0.2) is 9.59 Å². The van der Waals surface area contributed by atoms with Crippen molar-refractivity contribution in [2.75, 3.05) is 26.8 Å². The number of nitrogens with zero attached hydrogens (tertiary/aromatic N) is 1. The van der Waals surface area contributed by atoms with Crippen LogP contribution in [0.5, 0.6) is 0 Å². The van der Waals surface area contributed by atoms with Crippen LogP contribution in [0.3, 0.4) is 0 Å². The minimum absolute atomic E-state index is 0.0214. The minimum atomic E-state index is -0.337. The molecule has 2 fully saturated rings. The summed E-state index contributed by atoms with van der Waals surface area (Å²) in [6.45, 7) is 8.20. The van der Waals surface area contributed by atoms with Crippen molar-refractivity contribution in [2.24, 2.45) is 5.92 Å². The second-order valence-electron chi connectivity index (χ2n) is 7.14. The summed E-state index contributed by atoms with van der Waals surface area (Å²) in [5.41, 5.74) is 0. The Balaban J connectivity index is 0.000000465. The number of Topliss-reactive ketones (excluding diaryl/α,β-unsaturated/α-hetero) is 2. The van der Waals surface area contributed by atoms with Gasteiger partial charge >= 0.3 is 12.1 Å². The fourth-order valence-corrected chi connectivity index (χ4v) is 3.07. The summed E-state index contributed by atoms with van der Waals surface area (Å²) in [6.07, 6.45) is 8.79. The number of carbonyl (C=O) groups is 4. The Morgan fingerprint density at radius 3 is 1.97 bits per heavy atom. The highest BCUT2D eigenvalue weighted by Gasteiger charge is 2.25. The first kappa shape index (κ1) is 27.0. The molecule has 7 heteroatoms. The Labute approximate surface area is 175 Å². The van der Waals surface area contributed by atoms with Gasteiger partial charge < -0.3 is 14.4 Å². The highest BCUT2D eigenvalue weighted by atomic mass is 16.6. The third-order valence-corrected chi connectivity index (χ3v) is 4.68. The summed E-state index contributed by atoms with van der Waals surface area (Å²) in [4.78, 5) is 44.9. The fraction of sp³-hybridized carbons (Fsp3) is 0.773. The molecule has 0 saturated heterocycles. The van der Waals surface area contributed by atoms with Gasteiger partial charge in [-0.2, -0.15) is 0 Å². The van der Waals surface area contributed by atoms with Gasteiger partial charge in [-0.05, 0) is 39.5 Å². The van der Waals surface area contributed by atoms with Crippen LogP contribution in [0.4, 0.5) is 4.79 Å². The average Bonchev–Trinajstić information content (AvgIpc) is 2.71. The molecule has 0 spiro atoms. The van der Waals surface area contributed by atoms with E-state index in [0.29, 0.717) is 32.0 Å². The Morgan fingerprint density at radius 2 is 1.55 bits per heavy atom. The van der Waals surface area contributed by atoms with E-state index in [-0.39, 0.29) is 30.2 Å². The van der Waals surface area contributed by atoms with Crippen LogP contribution in [0.15, 0.2) is 0 Å². The van der Waals surface area contributed by atoms with Crippen molar-refractivity contribution >= 4 is 23.6 Å². The van der Waals surface area contributed by atoms with Crippen molar-refractivity contribution in [2.45, 2.75) is 78.1 Å². The van der Waals surface area contributed by atoms with E-state index in [9.17, 15) is 19.2 Å². The van der Waals surface area contributed by atoms with Crippen LogP contribution in [-0.4, -0.2) is 55.3 Å². The summed E-state index contributed by atoms with van der Waals surface area (Å²) < 4.78 is 9.35. The molecule has 0 aromatic carbocycles. The lowest BCUT2D eigenvalue weighted by Gasteiger charge is -2.25. The first-order valence-corrected chi connectivity index (χ1v) is 10.7. The van der Waals surface area contributed by atoms with E-state index in [1.165, 1.54) is 11.3 Å². The number of ether oxygens (including phenoxy) is 2. The summed E-state index contributed by atoms with van der Waals surface area (Å²) in [5, 5.41) is 0. The molecule has 2 aliphatic rings. The molecule has 2 aliphatic carbocycles. The molecule has 0 radical (unpaired) electrons. The minimum Gasteiger partial charge on any atom is -0.463 e. The molecule has 166 valence electrons. The normalized spacial score (nSPS) is 18.4. The number of amides is 1. The second kappa shape index (κ2) is 16.9. The molecular weight excluding hydrogens is 374 g/mol. The Bertz CT molecular complexity index is 490. The zero-order valence-corrected chi connectivity index (χ0v) is 18.4. The van der Waals surface area contributed by atoms with Crippen molar-refractivity contribution in [3.05, 3.63) is 6.92 Å².